The Balaban J connectivity index is 2.55. The van der Waals surface area contributed by atoms with Crippen LogP contribution >= 0.6 is 23.2 Å². The molecule has 0 aromatic heterocycles. The average molecular weight is 275 g/mol. The molecule has 1 heterocycles. The molecule has 5 heteroatoms. The van der Waals surface area contributed by atoms with E-state index in [0.29, 0.717) is 29.4 Å². The molecule has 0 bridgehead atoms. The molecule has 0 amide bonds. The summed E-state index contributed by atoms with van der Waals surface area (Å²) in [4.78, 5) is 2.02. The third-order valence-corrected chi connectivity index (χ3v) is 4.02. The van der Waals surface area contributed by atoms with Gasteiger partial charge in [-0.2, -0.15) is 0 Å². The number of halogens is 2. The standard InChI is InChI=1S/C12H16Cl2N2O/c1-16-5-4-12(17,7-15)6-8-9(13)2-3-10(14)11(8)16/h2-3,17H,4-7,15H2,1H3. The minimum absolute atomic E-state index is 0.225. The van der Waals surface area contributed by atoms with Crippen LogP contribution in [0.25, 0.3) is 0 Å². The summed E-state index contributed by atoms with van der Waals surface area (Å²) in [7, 11) is 1.95. The summed E-state index contributed by atoms with van der Waals surface area (Å²) in [6.07, 6.45) is 1.06. The summed E-state index contributed by atoms with van der Waals surface area (Å²) >= 11 is 12.4. The molecule has 3 N–H and O–H groups in total. The van der Waals surface area contributed by atoms with Crippen LogP contribution in [0.1, 0.15) is 12.0 Å². The molecule has 17 heavy (non-hydrogen) atoms. The number of anilines is 1. The Hall–Kier alpha value is -0.480. The van der Waals surface area contributed by atoms with E-state index >= 15 is 0 Å². The van der Waals surface area contributed by atoms with Crippen molar-refractivity contribution in [2.45, 2.75) is 18.4 Å². The van der Waals surface area contributed by atoms with Crippen LogP contribution in [0.5, 0.6) is 0 Å². The van der Waals surface area contributed by atoms with Gasteiger partial charge in [0.15, 0.2) is 0 Å². The van der Waals surface area contributed by atoms with Crippen LogP contribution in [0.3, 0.4) is 0 Å². The molecule has 2 rings (SSSR count). The molecule has 3 nitrogen and oxygen atoms in total. The number of aliphatic hydroxyl groups is 1. The lowest BCUT2D eigenvalue weighted by Crippen LogP contribution is -2.40. The summed E-state index contributed by atoms with van der Waals surface area (Å²) in [6.45, 7) is 0.934. The van der Waals surface area contributed by atoms with Crippen molar-refractivity contribution in [2.75, 3.05) is 25.0 Å². The number of fused-ring (bicyclic) bond motifs is 1. The molecule has 0 aliphatic carbocycles. The minimum Gasteiger partial charge on any atom is -0.388 e. The highest BCUT2D eigenvalue weighted by Crippen LogP contribution is 2.39. The van der Waals surface area contributed by atoms with Crippen molar-refractivity contribution in [3.8, 4) is 0 Å². The smallest absolute Gasteiger partial charge is 0.0827 e. The molecule has 94 valence electrons. The number of benzene rings is 1. The summed E-state index contributed by atoms with van der Waals surface area (Å²) in [5.41, 5.74) is 6.55. The van der Waals surface area contributed by atoms with Crippen molar-refractivity contribution >= 4 is 28.9 Å². The summed E-state index contributed by atoms with van der Waals surface area (Å²) in [5, 5.41) is 11.7. The number of nitrogens with two attached hydrogens (primary N) is 1. The highest BCUT2D eigenvalue weighted by atomic mass is 35.5. The zero-order valence-electron chi connectivity index (χ0n) is 9.71. The number of hydrogen-bond acceptors (Lipinski definition) is 3. The first kappa shape index (κ1) is 13.0. The SMILES string of the molecule is CN1CCC(O)(CN)Cc2c(Cl)ccc(Cl)c21. The number of rotatable bonds is 1. The molecule has 0 fully saturated rings. The zero-order valence-corrected chi connectivity index (χ0v) is 11.2. The van der Waals surface area contributed by atoms with Crippen molar-refractivity contribution in [2.24, 2.45) is 5.73 Å². The largest absolute Gasteiger partial charge is 0.388 e. The van der Waals surface area contributed by atoms with Gasteiger partial charge < -0.3 is 15.7 Å². The highest BCUT2D eigenvalue weighted by Gasteiger charge is 2.32. The molecule has 1 atom stereocenters. The van der Waals surface area contributed by atoms with E-state index in [1.807, 2.05) is 11.9 Å². The molecule has 0 saturated heterocycles. The van der Waals surface area contributed by atoms with Gasteiger partial charge >= 0.3 is 0 Å². The van der Waals surface area contributed by atoms with Crippen molar-refractivity contribution in [3.05, 3.63) is 27.7 Å². The maximum atomic E-state index is 10.4. The molecule has 1 aromatic rings. The molecule has 1 aliphatic rings. The fourth-order valence-electron chi connectivity index (χ4n) is 2.24. The first-order valence-electron chi connectivity index (χ1n) is 5.57. The summed E-state index contributed by atoms with van der Waals surface area (Å²) in [6, 6.07) is 3.55. The van der Waals surface area contributed by atoms with E-state index in [9.17, 15) is 5.11 Å². The van der Waals surface area contributed by atoms with Crippen LogP contribution in [0.15, 0.2) is 12.1 Å². The Morgan fingerprint density at radius 1 is 1.41 bits per heavy atom. The van der Waals surface area contributed by atoms with Crippen LogP contribution in [-0.4, -0.2) is 30.8 Å². The van der Waals surface area contributed by atoms with Gasteiger partial charge in [-0.1, -0.05) is 23.2 Å². The fourth-order valence-corrected chi connectivity index (χ4v) is 2.78. The van der Waals surface area contributed by atoms with Crippen LogP contribution < -0.4 is 10.6 Å². The van der Waals surface area contributed by atoms with E-state index < -0.39 is 5.60 Å². The van der Waals surface area contributed by atoms with Crippen molar-refractivity contribution < 1.29 is 5.11 Å². The molecular weight excluding hydrogens is 259 g/mol. The quantitative estimate of drug-likeness (QED) is 0.825. The Bertz CT molecular complexity index is 439. The predicted molar refractivity (Wildman–Crippen MR) is 72.1 cm³/mol. The second-order valence-electron chi connectivity index (χ2n) is 4.63. The van der Waals surface area contributed by atoms with Gasteiger partial charge in [-0.25, -0.2) is 0 Å². The molecule has 1 aliphatic heterocycles. The Kier molecular flexibility index (Phi) is 3.55. The second-order valence-corrected chi connectivity index (χ2v) is 5.45. The summed E-state index contributed by atoms with van der Waals surface area (Å²) < 4.78 is 0. The fraction of sp³-hybridized carbons (Fsp3) is 0.500. The van der Waals surface area contributed by atoms with Gasteiger partial charge in [0.25, 0.3) is 0 Å². The van der Waals surface area contributed by atoms with Gasteiger partial charge in [0.1, 0.15) is 0 Å². The van der Waals surface area contributed by atoms with Gasteiger partial charge in [0.05, 0.1) is 16.3 Å². The lowest BCUT2D eigenvalue weighted by molar-refractivity contribution is 0.0449. The van der Waals surface area contributed by atoms with Crippen molar-refractivity contribution in [1.29, 1.82) is 0 Å². The van der Waals surface area contributed by atoms with Gasteiger partial charge in [-0.05, 0) is 24.1 Å². The molecule has 1 aromatic carbocycles. The van der Waals surface area contributed by atoms with Gasteiger partial charge in [-0.15, -0.1) is 0 Å². The molecule has 0 saturated carbocycles. The van der Waals surface area contributed by atoms with Crippen LogP contribution in [0.2, 0.25) is 10.0 Å². The summed E-state index contributed by atoms with van der Waals surface area (Å²) in [5.74, 6) is 0. The number of nitrogens with zero attached hydrogens (tertiary/aromatic N) is 1. The Morgan fingerprint density at radius 3 is 2.71 bits per heavy atom. The van der Waals surface area contributed by atoms with Crippen LogP contribution in [0.4, 0.5) is 5.69 Å². The first-order valence-corrected chi connectivity index (χ1v) is 6.33. The van der Waals surface area contributed by atoms with Crippen molar-refractivity contribution in [3.63, 3.8) is 0 Å². The van der Waals surface area contributed by atoms with Gasteiger partial charge in [0, 0.05) is 31.6 Å². The third-order valence-electron chi connectivity index (χ3n) is 3.36. The maximum absolute atomic E-state index is 10.4. The lowest BCUT2D eigenvalue weighted by atomic mass is 9.92. The average Bonchev–Trinajstić information content (AvgIpc) is 2.44. The van der Waals surface area contributed by atoms with E-state index in [2.05, 4.69) is 0 Å². The molecular formula is C12H16Cl2N2O. The predicted octanol–water partition coefficient (Wildman–Crippen LogP) is 2.07. The topological polar surface area (TPSA) is 49.5 Å². The second kappa shape index (κ2) is 4.65. The maximum Gasteiger partial charge on any atom is 0.0827 e. The molecule has 0 radical (unpaired) electrons. The van der Waals surface area contributed by atoms with E-state index in [1.54, 1.807) is 12.1 Å². The van der Waals surface area contributed by atoms with E-state index in [-0.39, 0.29) is 6.54 Å². The lowest BCUT2D eigenvalue weighted by Gasteiger charge is -2.24. The third kappa shape index (κ3) is 2.38. The van der Waals surface area contributed by atoms with E-state index in [4.69, 9.17) is 28.9 Å². The van der Waals surface area contributed by atoms with Crippen LogP contribution in [0, 0.1) is 0 Å². The van der Waals surface area contributed by atoms with E-state index in [0.717, 1.165) is 11.3 Å². The Labute approximate surface area is 111 Å². The number of hydrogen-bond donors (Lipinski definition) is 2. The monoisotopic (exact) mass is 274 g/mol. The first-order chi connectivity index (χ1) is 7.97. The van der Waals surface area contributed by atoms with Crippen molar-refractivity contribution in [1.82, 2.24) is 0 Å². The van der Waals surface area contributed by atoms with E-state index in [1.165, 1.54) is 0 Å². The molecule has 0 spiro atoms. The normalized spacial score (nSPS) is 24.4. The minimum atomic E-state index is -0.895. The Morgan fingerprint density at radius 2 is 2.06 bits per heavy atom. The zero-order chi connectivity index (χ0) is 12.6. The van der Waals surface area contributed by atoms with Gasteiger partial charge in [-0.3, -0.25) is 0 Å². The van der Waals surface area contributed by atoms with Gasteiger partial charge in [0.2, 0.25) is 0 Å². The van der Waals surface area contributed by atoms with Crippen LogP contribution in [-0.2, 0) is 6.42 Å². The highest BCUT2D eigenvalue weighted by molar-refractivity contribution is 6.36. The molecule has 1 unspecified atom stereocenters.